The number of rotatable bonds is 9. The second-order valence-corrected chi connectivity index (χ2v) is 7.97. The van der Waals surface area contributed by atoms with Crippen molar-refractivity contribution in [3.8, 4) is 0 Å². The molecule has 0 amide bonds. The molecule has 0 radical (unpaired) electrons. The molecule has 0 saturated heterocycles. The summed E-state index contributed by atoms with van der Waals surface area (Å²) in [7, 11) is -1.79. The molecule has 114 valence electrons. The van der Waals surface area contributed by atoms with Crippen LogP contribution in [-0.2, 0) is 21.3 Å². The highest BCUT2D eigenvalue weighted by atomic mass is 32.2. The van der Waals surface area contributed by atoms with Crippen molar-refractivity contribution >= 4 is 21.4 Å². The molecule has 0 atom stereocenters. The fourth-order valence-corrected chi connectivity index (χ4v) is 4.13. The fourth-order valence-electron chi connectivity index (χ4n) is 1.76. The van der Waals surface area contributed by atoms with Crippen LogP contribution in [0.5, 0.6) is 0 Å². The first-order valence-electron chi connectivity index (χ1n) is 6.89. The summed E-state index contributed by atoms with van der Waals surface area (Å²) >= 11 is 1.49. The van der Waals surface area contributed by atoms with Crippen molar-refractivity contribution in [3.05, 3.63) is 16.3 Å². The number of hydrogen-bond donors (Lipinski definition) is 1. The van der Waals surface area contributed by atoms with E-state index in [4.69, 9.17) is 4.74 Å². The minimum atomic E-state index is -3.39. The zero-order valence-corrected chi connectivity index (χ0v) is 13.6. The Labute approximate surface area is 125 Å². The summed E-state index contributed by atoms with van der Waals surface area (Å²) in [4.78, 5) is 1.45. The van der Waals surface area contributed by atoms with Gasteiger partial charge in [0, 0.05) is 43.0 Å². The lowest BCUT2D eigenvalue weighted by molar-refractivity contribution is 0.138. The van der Waals surface area contributed by atoms with Crippen LogP contribution in [-0.4, -0.2) is 45.6 Å². The van der Waals surface area contributed by atoms with Gasteiger partial charge in [0.25, 0.3) is 0 Å². The van der Waals surface area contributed by atoms with Gasteiger partial charge >= 0.3 is 0 Å². The molecule has 0 aromatic carbocycles. The number of nitrogens with zero attached hydrogens (tertiary/aromatic N) is 1. The molecule has 0 spiro atoms. The number of nitrogens with one attached hydrogen (secondary N) is 1. The summed E-state index contributed by atoms with van der Waals surface area (Å²) in [6.07, 6.45) is 2.47. The van der Waals surface area contributed by atoms with Crippen molar-refractivity contribution in [2.45, 2.75) is 37.2 Å². The fraction of sp³-hybridized carbons (Fsp3) is 0.692. The first-order valence-corrected chi connectivity index (χ1v) is 9.21. The second kappa shape index (κ2) is 7.00. The van der Waals surface area contributed by atoms with E-state index in [0.29, 0.717) is 30.7 Å². The van der Waals surface area contributed by atoms with Crippen molar-refractivity contribution in [3.63, 3.8) is 0 Å². The summed E-state index contributed by atoms with van der Waals surface area (Å²) in [6.45, 7) is 4.05. The third-order valence-corrected chi connectivity index (χ3v) is 6.16. The molecular formula is C13H22N2O3S2. The molecule has 1 aromatic rings. The summed E-state index contributed by atoms with van der Waals surface area (Å²) in [6, 6.07) is 2.40. The lowest BCUT2D eigenvalue weighted by atomic mass is 10.4. The molecule has 0 unspecified atom stereocenters. The van der Waals surface area contributed by atoms with Crippen molar-refractivity contribution in [2.75, 3.05) is 26.8 Å². The van der Waals surface area contributed by atoms with Crippen LogP contribution in [0.4, 0.5) is 0 Å². The normalized spacial score (nSPS) is 15.9. The average molecular weight is 318 g/mol. The minimum absolute atomic E-state index is 0.377. The molecule has 1 fully saturated rings. The molecule has 1 saturated carbocycles. The third-order valence-electron chi connectivity index (χ3n) is 3.23. The molecule has 0 aliphatic heterocycles. The van der Waals surface area contributed by atoms with Gasteiger partial charge in [0.2, 0.25) is 10.0 Å². The first-order chi connectivity index (χ1) is 9.54. The highest BCUT2D eigenvalue weighted by Crippen LogP contribution is 2.24. The predicted octanol–water partition coefficient (Wildman–Crippen LogP) is 1.66. The maximum Gasteiger partial charge on any atom is 0.243 e. The smallest absolute Gasteiger partial charge is 0.243 e. The van der Waals surface area contributed by atoms with Crippen LogP contribution in [0.15, 0.2) is 16.3 Å². The standard InChI is InChI=1S/C13H22N2O3S2/c1-3-18-7-6-15(2)20(16,17)13-8-12(19-10-13)9-14-11-4-5-11/h8,10-11,14H,3-7,9H2,1-2H3. The van der Waals surface area contributed by atoms with E-state index in [9.17, 15) is 8.42 Å². The summed E-state index contributed by atoms with van der Waals surface area (Å²) < 4.78 is 31.2. The van der Waals surface area contributed by atoms with Crippen molar-refractivity contribution < 1.29 is 13.2 Å². The van der Waals surface area contributed by atoms with E-state index in [1.807, 2.05) is 6.92 Å². The van der Waals surface area contributed by atoms with Gasteiger partial charge in [0.15, 0.2) is 0 Å². The zero-order valence-electron chi connectivity index (χ0n) is 12.0. The number of likely N-dealkylation sites (N-methyl/N-ethyl adjacent to an activating group) is 1. The molecule has 20 heavy (non-hydrogen) atoms. The maximum atomic E-state index is 12.3. The molecule has 1 aliphatic rings. The Kier molecular flexibility index (Phi) is 5.57. The Hall–Kier alpha value is -0.470. The highest BCUT2D eigenvalue weighted by molar-refractivity contribution is 7.89. The van der Waals surface area contributed by atoms with Gasteiger partial charge in [0.1, 0.15) is 0 Å². The molecule has 5 nitrogen and oxygen atoms in total. The molecule has 1 heterocycles. The Morgan fingerprint density at radius 2 is 2.25 bits per heavy atom. The van der Waals surface area contributed by atoms with Gasteiger partial charge in [0.05, 0.1) is 11.5 Å². The summed E-state index contributed by atoms with van der Waals surface area (Å²) in [5.74, 6) is 0. The third kappa shape index (κ3) is 4.26. The maximum absolute atomic E-state index is 12.3. The zero-order chi connectivity index (χ0) is 14.6. The lowest BCUT2D eigenvalue weighted by Gasteiger charge is -2.15. The van der Waals surface area contributed by atoms with Crippen molar-refractivity contribution in [2.24, 2.45) is 0 Å². The van der Waals surface area contributed by atoms with Crippen molar-refractivity contribution in [1.82, 2.24) is 9.62 Å². The highest BCUT2D eigenvalue weighted by Gasteiger charge is 2.23. The van der Waals surface area contributed by atoms with Gasteiger partial charge in [-0.2, -0.15) is 4.31 Å². The van der Waals surface area contributed by atoms with Gasteiger partial charge in [-0.05, 0) is 25.8 Å². The molecule has 7 heteroatoms. The van der Waals surface area contributed by atoms with Crippen LogP contribution in [0, 0.1) is 0 Å². The molecule has 2 rings (SSSR count). The van der Waals surface area contributed by atoms with Gasteiger partial charge < -0.3 is 10.1 Å². The summed E-state index contributed by atoms with van der Waals surface area (Å²) in [5, 5.41) is 5.11. The van der Waals surface area contributed by atoms with Crippen LogP contribution >= 0.6 is 11.3 Å². The molecular weight excluding hydrogens is 296 g/mol. The van der Waals surface area contributed by atoms with E-state index in [1.165, 1.54) is 28.5 Å². The van der Waals surface area contributed by atoms with Crippen molar-refractivity contribution in [1.29, 1.82) is 0 Å². The molecule has 1 aromatic heterocycles. The minimum Gasteiger partial charge on any atom is -0.380 e. The SMILES string of the molecule is CCOCCN(C)S(=O)(=O)c1csc(CNC2CC2)c1. The predicted molar refractivity (Wildman–Crippen MR) is 80.5 cm³/mol. The molecule has 0 bridgehead atoms. The Bertz CT molecular complexity index is 523. The van der Waals surface area contributed by atoms with Crippen LogP contribution in [0.3, 0.4) is 0 Å². The topological polar surface area (TPSA) is 58.6 Å². The quantitative estimate of drug-likeness (QED) is 0.704. The van der Waals surface area contributed by atoms with Crippen LogP contribution in [0.25, 0.3) is 0 Å². The van der Waals surface area contributed by atoms with Gasteiger partial charge in [-0.15, -0.1) is 11.3 Å². The number of sulfonamides is 1. The molecule has 1 N–H and O–H groups in total. The number of ether oxygens (including phenoxy) is 1. The Morgan fingerprint density at radius 1 is 1.50 bits per heavy atom. The van der Waals surface area contributed by atoms with Crippen LogP contribution in [0.1, 0.15) is 24.6 Å². The van der Waals surface area contributed by atoms with Crippen LogP contribution < -0.4 is 5.32 Å². The van der Waals surface area contributed by atoms with E-state index in [-0.39, 0.29) is 0 Å². The number of thiophene rings is 1. The monoisotopic (exact) mass is 318 g/mol. The largest absolute Gasteiger partial charge is 0.380 e. The van der Waals surface area contributed by atoms with Gasteiger partial charge in [-0.25, -0.2) is 8.42 Å². The number of hydrogen-bond acceptors (Lipinski definition) is 5. The van der Waals surface area contributed by atoms with E-state index in [2.05, 4.69) is 5.32 Å². The van der Waals surface area contributed by atoms with Gasteiger partial charge in [-0.3, -0.25) is 0 Å². The molecule has 1 aliphatic carbocycles. The van der Waals surface area contributed by atoms with E-state index >= 15 is 0 Å². The average Bonchev–Trinajstić information content (AvgIpc) is 3.12. The van der Waals surface area contributed by atoms with E-state index in [1.54, 1.807) is 18.5 Å². The van der Waals surface area contributed by atoms with E-state index < -0.39 is 10.0 Å². The summed E-state index contributed by atoms with van der Waals surface area (Å²) in [5.41, 5.74) is 0. The Balaban J connectivity index is 1.93. The van der Waals surface area contributed by atoms with Crippen LogP contribution in [0.2, 0.25) is 0 Å². The lowest BCUT2D eigenvalue weighted by Crippen LogP contribution is -2.30. The first kappa shape index (κ1) is 15.9. The second-order valence-electron chi connectivity index (χ2n) is 4.93. The Morgan fingerprint density at radius 3 is 2.90 bits per heavy atom. The van der Waals surface area contributed by atoms with Gasteiger partial charge in [-0.1, -0.05) is 0 Å². The van der Waals surface area contributed by atoms with E-state index in [0.717, 1.165) is 11.4 Å².